The van der Waals surface area contributed by atoms with E-state index in [1.165, 1.54) is 0 Å². The van der Waals surface area contributed by atoms with E-state index in [1.54, 1.807) is 0 Å². The minimum Gasteiger partial charge on any atom is -0.466 e. The molecule has 0 radical (unpaired) electrons. The number of piperidine rings is 1. The van der Waals surface area contributed by atoms with Crippen molar-refractivity contribution in [3.63, 3.8) is 0 Å². The van der Waals surface area contributed by atoms with E-state index >= 15 is 0 Å². The summed E-state index contributed by atoms with van der Waals surface area (Å²) in [6.45, 7) is 6.59. The molecule has 0 bridgehead atoms. The molecule has 1 heterocycles. The van der Waals surface area contributed by atoms with Gasteiger partial charge in [-0.05, 0) is 13.3 Å². The van der Waals surface area contributed by atoms with Gasteiger partial charge in [-0.3, -0.25) is 4.79 Å². The van der Waals surface area contributed by atoms with Crippen molar-refractivity contribution < 1.29 is 14.8 Å². The van der Waals surface area contributed by atoms with E-state index in [0.717, 1.165) is 32.4 Å². The number of carbonyl (C=O) groups excluding carboxylic acids is 1. The highest BCUT2D eigenvalue weighted by Crippen LogP contribution is 2.32. The Bertz CT molecular complexity index is 174. The van der Waals surface area contributed by atoms with Gasteiger partial charge in [0.15, 0.2) is 0 Å². The maximum Gasteiger partial charge on any atom is 0.312 e. The molecule has 3 nitrogen and oxygen atoms in total. The van der Waals surface area contributed by atoms with Gasteiger partial charge in [0.2, 0.25) is 0 Å². The summed E-state index contributed by atoms with van der Waals surface area (Å²) in [4.78, 5) is 11.7. The van der Waals surface area contributed by atoms with Gasteiger partial charge >= 0.3 is 5.97 Å². The lowest BCUT2D eigenvalue weighted by Crippen LogP contribution is -2.87. The molecular formula is C10H20NO2+. The Morgan fingerprint density at radius 1 is 1.38 bits per heavy atom. The fourth-order valence-electron chi connectivity index (χ4n) is 2.01. The predicted molar refractivity (Wildman–Crippen MR) is 50.3 cm³/mol. The van der Waals surface area contributed by atoms with Crippen LogP contribution in [-0.4, -0.2) is 25.7 Å². The molecular weight excluding hydrogens is 166 g/mol. The van der Waals surface area contributed by atoms with Crippen molar-refractivity contribution in [1.82, 2.24) is 0 Å². The zero-order valence-electron chi connectivity index (χ0n) is 8.64. The zero-order chi connectivity index (χ0) is 9.73. The zero-order valence-corrected chi connectivity index (χ0v) is 8.64. The Balaban J connectivity index is 2.61. The average molecular weight is 186 g/mol. The summed E-state index contributed by atoms with van der Waals surface area (Å²) in [5, 5.41) is 2.27. The first-order valence-corrected chi connectivity index (χ1v) is 5.24. The molecule has 0 spiro atoms. The Morgan fingerprint density at radius 3 is 2.46 bits per heavy atom. The number of carbonyl (C=O) groups is 1. The van der Waals surface area contributed by atoms with Crippen molar-refractivity contribution >= 4 is 5.97 Å². The second kappa shape index (κ2) is 4.61. The highest BCUT2D eigenvalue weighted by molar-refractivity contribution is 5.76. The number of nitrogens with two attached hydrogens (primary N) is 1. The molecule has 0 atom stereocenters. The minimum absolute atomic E-state index is 0.0191. The number of ether oxygens (including phenoxy) is 1. The first kappa shape index (κ1) is 10.5. The second-order valence-corrected chi connectivity index (χ2v) is 3.72. The first-order chi connectivity index (χ1) is 6.25. The molecule has 3 heteroatoms. The average Bonchev–Trinajstić information content (AvgIpc) is 2.19. The number of esters is 1. The molecule has 0 saturated carbocycles. The minimum atomic E-state index is -0.162. The third-order valence-electron chi connectivity index (χ3n) is 3.04. The van der Waals surface area contributed by atoms with Crippen LogP contribution in [0.1, 0.15) is 33.1 Å². The van der Waals surface area contributed by atoms with E-state index in [0.29, 0.717) is 6.61 Å². The predicted octanol–water partition coefficient (Wildman–Crippen LogP) is 0.303. The summed E-state index contributed by atoms with van der Waals surface area (Å²) >= 11 is 0. The SMILES string of the molecule is CCOC(=O)C1(CC)CC[NH2+]CC1. The van der Waals surface area contributed by atoms with Crippen LogP contribution in [0.25, 0.3) is 0 Å². The van der Waals surface area contributed by atoms with Gasteiger partial charge in [-0.25, -0.2) is 0 Å². The van der Waals surface area contributed by atoms with Crippen LogP contribution in [0.15, 0.2) is 0 Å². The van der Waals surface area contributed by atoms with E-state index in [-0.39, 0.29) is 11.4 Å². The van der Waals surface area contributed by atoms with Crippen LogP contribution in [-0.2, 0) is 9.53 Å². The van der Waals surface area contributed by atoms with Gasteiger partial charge in [0.25, 0.3) is 0 Å². The summed E-state index contributed by atoms with van der Waals surface area (Å²) in [6, 6.07) is 0. The second-order valence-electron chi connectivity index (χ2n) is 3.72. The molecule has 76 valence electrons. The maximum atomic E-state index is 11.7. The molecule has 1 aliphatic rings. The first-order valence-electron chi connectivity index (χ1n) is 5.24. The normalized spacial score (nSPS) is 21.1. The van der Waals surface area contributed by atoms with E-state index in [4.69, 9.17) is 4.74 Å². The van der Waals surface area contributed by atoms with E-state index < -0.39 is 0 Å². The third kappa shape index (κ3) is 2.21. The van der Waals surface area contributed by atoms with Crippen LogP contribution in [0, 0.1) is 5.41 Å². The van der Waals surface area contributed by atoms with Gasteiger partial charge in [0, 0.05) is 12.8 Å². The van der Waals surface area contributed by atoms with Crippen molar-refractivity contribution in [3.05, 3.63) is 0 Å². The number of hydrogen-bond donors (Lipinski definition) is 1. The van der Waals surface area contributed by atoms with Crippen LogP contribution in [0.4, 0.5) is 0 Å². The Labute approximate surface area is 79.8 Å². The lowest BCUT2D eigenvalue weighted by atomic mass is 9.77. The van der Waals surface area contributed by atoms with Gasteiger partial charge in [0.05, 0.1) is 25.1 Å². The Morgan fingerprint density at radius 2 is 2.00 bits per heavy atom. The van der Waals surface area contributed by atoms with Crippen LogP contribution in [0.3, 0.4) is 0 Å². The van der Waals surface area contributed by atoms with E-state index in [9.17, 15) is 4.79 Å². The van der Waals surface area contributed by atoms with Crippen molar-refractivity contribution in [2.45, 2.75) is 33.1 Å². The molecule has 1 rings (SSSR count). The van der Waals surface area contributed by atoms with Crippen LogP contribution in [0.5, 0.6) is 0 Å². The largest absolute Gasteiger partial charge is 0.466 e. The molecule has 0 aromatic heterocycles. The quantitative estimate of drug-likeness (QED) is 0.644. The monoisotopic (exact) mass is 186 g/mol. The summed E-state index contributed by atoms with van der Waals surface area (Å²) in [5.74, 6) is 0.0191. The fourth-order valence-corrected chi connectivity index (χ4v) is 2.01. The molecule has 1 fully saturated rings. The molecule has 0 aliphatic carbocycles. The number of quaternary nitrogens is 1. The molecule has 0 unspecified atom stereocenters. The molecule has 2 N–H and O–H groups in total. The molecule has 0 aromatic rings. The summed E-state index contributed by atoms with van der Waals surface area (Å²) in [6.07, 6.45) is 2.87. The summed E-state index contributed by atoms with van der Waals surface area (Å²) in [7, 11) is 0. The Hall–Kier alpha value is -0.570. The van der Waals surface area contributed by atoms with Crippen molar-refractivity contribution in [3.8, 4) is 0 Å². The van der Waals surface area contributed by atoms with E-state index in [1.807, 2.05) is 6.92 Å². The summed E-state index contributed by atoms with van der Waals surface area (Å²) < 4.78 is 5.12. The highest BCUT2D eigenvalue weighted by Gasteiger charge is 2.40. The van der Waals surface area contributed by atoms with Crippen molar-refractivity contribution in [1.29, 1.82) is 0 Å². The van der Waals surface area contributed by atoms with Crippen LogP contribution in [0.2, 0.25) is 0 Å². The van der Waals surface area contributed by atoms with Gasteiger partial charge in [-0.1, -0.05) is 6.92 Å². The fraction of sp³-hybridized carbons (Fsp3) is 0.900. The third-order valence-corrected chi connectivity index (χ3v) is 3.04. The van der Waals surface area contributed by atoms with Crippen LogP contribution >= 0.6 is 0 Å². The highest BCUT2D eigenvalue weighted by atomic mass is 16.5. The number of rotatable bonds is 3. The van der Waals surface area contributed by atoms with Gasteiger partial charge < -0.3 is 10.1 Å². The summed E-state index contributed by atoms with van der Waals surface area (Å²) in [5.41, 5.74) is -0.162. The van der Waals surface area contributed by atoms with Crippen molar-refractivity contribution in [2.24, 2.45) is 5.41 Å². The lowest BCUT2D eigenvalue weighted by molar-refractivity contribution is -0.666. The Kier molecular flexibility index (Phi) is 3.72. The van der Waals surface area contributed by atoms with Gasteiger partial charge in [0.1, 0.15) is 0 Å². The maximum absolute atomic E-state index is 11.7. The topological polar surface area (TPSA) is 42.9 Å². The molecule has 1 saturated heterocycles. The van der Waals surface area contributed by atoms with Crippen molar-refractivity contribution in [2.75, 3.05) is 19.7 Å². The molecule has 1 aliphatic heterocycles. The standard InChI is InChI=1S/C10H19NO2/c1-3-10(9(12)13-4-2)5-7-11-8-6-10/h11H,3-8H2,1-2H3/p+1. The van der Waals surface area contributed by atoms with Gasteiger partial charge in [-0.15, -0.1) is 0 Å². The molecule has 0 aromatic carbocycles. The van der Waals surface area contributed by atoms with Crippen LogP contribution < -0.4 is 5.32 Å². The van der Waals surface area contributed by atoms with E-state index in [2.05, 4.69) is 12.2 Å². The lowest BCUT2D eigenvalue weighted by Gasteiger charge is -2.32. The smallest absolute Gasteiger partial charge is 0.312 e. The number of hydrogen-bond acceptors (Lipinski definition) is 2. The van der Waals surface area contributed by atoms with Gasteiger partial charge in [-0.2, -0.15) is 0 Å². The molecule has 13 heavy (non-hydrogen) atoms. The molecule has 0 amide bonds.